The number of hydrogen-bond acceptors (Lipinski definition) is 3. The van der Waals surface area contributed by atoms with Crippen LogP contribution in [-0.4, -0.2) is 42.8 Å². The van der Waals surface area contributed by atoms with Gasteiger partial charge in [-0.25, -0.2) is 0 Å². The highest BCUT2D eigenvalue weighted by Gasteiger charge is 2.40. The Hall–Kier alpha value is -0.120. The maximum atomic E-state index is 6.12. The van der Waals surface area contributed by atoms with Crippen LogP contribution in [0, 0.1) is 0 Å². The van der Waals surface area contributed by atoms with Gasteiger partial charge in [0.15, 0.2) is 0 Å². The van der Waals surface area contributed by atoms with Crippen LogP contribution in [0.4, 0.5) is 0 Å². The van der Waals surface area contributed by atoms with Crippen LogP contribution in [0.15, 0.2) is 0 Å². The average Bonchev–Trinajstić information content (AvgIpc) is 2.65. The van der Waals surface area contributed by atoms with Crippen LogP contribution in [0.1, 0.15) is 51.9 Å². The average molecular weight is 240 g/mol. The van der Waals surface area contributed by atoms with Crippen LogP contribution in [0.25, 0.3) is 0 Å². The minimum absolute atomic E-state index is 0.142. The van der Waals surface area contributed by atoms with E-state index in [-0.39, 0.29) is 5.54 Å². The highest BCUT2D eigenvalue weighted by atomic mass is 16.5. The molecule has 3 heteroatoms. The van der Waals surface area contributed by atoms with E-state index in [2.05, 4.69) is 11.8 Å². The molecule has 0 aromatic carbocycles. The molecule has 2 saturated heterocycles. The molecule has 0 amide bonds. The summed E-state index contributed by atoms with van der Waals surface area (Å²) in [7, 11) is 0. The first kappa shape index (κ1) is 13.3. The Labute approximate surface area is 106 Å². The highest BCUT2D eigenvalue weighted by molar-refractivity contribution is 4.97. The van der Waals surface area contributed by atoms with Gasteiger partial charge < -0.3 is 10.5 Å². The maximum Gasteiger partial charge on any atom is 0.0662 e. The normalized spacial score (nSPS) is 36.7. The Kier molecular flexibility index (Phi) is 4.83. The third kappa shape index (κ3) is 2.83. The molecule has 0 aromatic rings. The molecular weight excluding hydrogens is 212 g/mol. The van der Waals surface area contributed by atoms with Crippen LogP contribution >= 0.6 is 0 Å². The van der Waals surface area contributed by atoms with Gasteiger partial charge in [0, 0.05) is 19.2 Å². The largest absolute Gasteiger partial charge is 0.379 e. The third-order valence-corrected chi connectivity index (χ3v) is 4.64. The van der Waals surface area contributed by atoms with E-state index in [9.17, 15) is 0 Å². The molecule has 0 bridgehead atoms. The van der Waals surface area contributed by atoms with Gasteiger partial charge in [-0.15, -0.1) is 0 Å². The molecule has 2 rings (SSSR count). The van der Waals surface area contributed by atoms with Gasteiger partial charge in [-0.05, 0) is 38.6 Å². The number of ether oxygens (including phenoxy) is 1. The summed E-state index contributed by atoms with van der Waals surface area (Å²) in [6.45, 7) is 6.06. The Morgan fingerprint density at radius 2 is 2.18 bits per heavy atom. The van der Waals surface area contributed by atoms with Gasteiger partial charge in [-0.2, -0.15) is 0 Å². The van der Waals surface area contributed by atoms with E-state index in [1.807, 2.05) is 0 Å². The summed E-state index contributed by atoms with van der Waals surface area (Å²) in [4.78, 5) is 2.71. The Balaban J connectivity index is 2.13. The first-order valence-electron chi connectivity index (χ1n) is 7.37. The molecule has 3 nitrogen and oxygen atoms in total. The van der Waals surface area contributed by atoms with Crippen molar-refractivity contribution in [1.29, 1.82) is 0 Å². The standard InChI is InChI=1S/C14H28N2O/c1-2-13-7-4-3-5-9-16(13)14(11-15)8-6-10-17-12-14/h13H,2-12,15H2,1H3. The van der Waals surface area contributed by atoms with E-state index in [0.717, 1.165) is 25.8 Å². The Bertz CT molecular complexity index is 226. The molecule has 2 heterocycles. The van der Waals surface area contributed by atoms with Crippen molar-refractivity contribution in [3.05, 3.63) is 0 Å². The second-order valence-electron chi connectivity index (χ2n) is 5.69. The lowest BCUT2D eigenvalue weighted by molar-refractivity contribution is -0.0628. The molecule has 0 spiro atoms. The third-order valence-electron chi connectivity index (χ3n) is 4.64. The van der Waals surface area contributed by atoms with Gasteiger partial charge in [0.2, 0.25) is 0 Å². The molecule has 2 unspecified atom stereocenters. The number of rotatable bonds is 3. The molecular formula is C14H28N2O. The fourth-order valence-corrected chi connectivity index (χ4v) is 3.57. The van der Waals surface area contributed by atoms with Gasteiger partial charge in [-0.3, -0.25) is 4.90 Å². The highest BCUT2D eigenvalue weighted by Crippen LogP contribution is 2.32. The summed E-state index contributed by atoms with van der Waals surface area (Å²) in [5.41, 5.74) is 6.26. The fourth-order valence-electron chi connectivity index (χ4n) is 3.57. The van der Waals surface area contributed by atoms with Crippen molar-refractivity contribution in [3.63, 3.8) is 0 Å². The van der Waals surface area contributed by atoms with Crippen molar-refractivity contribution in [2.24, 2.45) is 5.73 Å². The van der Waals surface area contributed by atoms with Crippen molar-refractivity contribution >= 4 is 0 Å². The lowest BCUT2D eigenvalue weighted by Crippen LogP contribution is -2.61. The molecule has 0 saturated carbocycles. The molecule has 2 aliphatic heterocycles. The molecule has 2 fully saturated rings. The number of hydrogen-bond donors (Lipinski definition) is 1. The quantitative estimate of drug-likeness (QED) is 0.821. The van der Waals surface area contributed by atoms with Gasteiger partial charge in [0.05, 0.1) is 12.1 Å². The molecule has 0 aliphatic carbocycles. The summed E-state index contributed by atoms with van der Waals surface area (Å²) in [6, 6.07) is 0.725. The van der Waals surface area contributed by atoms with Gasteiger partial charge in [-0.1, -0.05) is 19.8 Å². The Morgan fingerprint density at radius 1 is 1.29 bits per heavy atom. The minimum Gasteiger partial charge on any atom is -0.379 e. The number of nitrogens with zero attached hydrogens (tertiary/aromatic N) is 1. The van der Waals surface area contributed by atoms with Crippen LogP contribution in [0.5, 0.6) is 0 Å². The smallest absolute Gasteiger partial charge is 0.0662 e. The van der Waals surface area contributed by atoms with Crippen LogP contribution in [0.2, 0.25) is 0 Å². The first-order chi connectivity index (χ1) is 8.32. The minimum atomic E-state index is 0.142. The Morgan fingerprint density at radius 3 is 2.82 bits per heavy atom. The van der Waals surface area contributed by atoms with E-state index in [1.165, 1.54) is 51.5 Å². The number of likely N-dealkylation sites (tertiary alicyclic amines) is 1. The SMILES string of the molecule is CCC1CCCCCN1C1(CN)CCCOC1. The predicted molar refractivity (Wildman–Crippen MR) is 71.1 cm³/mol. The van der Waals surface area contributed by atoms with Crippen molar-refractivity contribution < 1.29 is 4.74 Å². The molecule has 100 valence electrons. The zero-order valence-electron chi connectivity index (χ0n) is 11.3. The summed E-state index contributed by atoms with van der Waals surface area (Å²) in [5.74, 6) is 0. The molecule has 0 radical (unpaired) electrons. The van der Waals surface area contributed by atoms with Crippen LogP contribution in [-0.2, 0) is 4.74 Å². The molecule has 2 aliphatic rings. The van der Waals surface area contributed by atoms with E-state index in [1.54, 1.807) is 0 Å². The molecule has 0 aromatic heterocycles. The first-order valence-corrected chi connectivity index (χ1v) is 7.37. The fraction of sp³-hybridized carbons (Fsp3) is 1.00. The van der Waals surface area contributed by atoms with E-state index in [4.69, 9.17) is 10.5 Å². The van der Waals surface area contributed by atoms with Crippen molar-refractivity contribution in [1.82, 2.24) is 4.90 Å². The molecule has 2 N–H and O–H groups in total. The maximum absolute atomic E-state index is 6.12. The zero-order valence-corrected chi connectivity index (χ0v) is 11.3. The molecule has 17 heavy (non-hydrogen) atoms. The lowest BCUT2D eigenvalue weighted by atomic mass is 9.88. The molecule has 2 atom stereocenters. The van der Waals surface area contributed by atoms with Gasteiger partial charge in [0.1, 0.15) is 0 Å². The van der Waals surface area contributed by atoms with Crippen molar-refractivity contribution in [2.75, 3.05) is 26.3 Å². The van der Waals surface area contributed by atoms with Gasteiger partial charge in [0.25, 0.3) is 0 Å². The summed E-state index contributed by atoms with van der Waals surface area (Å²) < 4.78 is 5.74. The lowest BCUT2D eigenvalue weighted by Gasteiger charge is -2.48. The van der Waals surface area contributed by atoms with E-state index < -0.39 is 0 Å². The van der Waals surface area contributed by atoms with E-state index >= 15 is 0 Å². The second kappa shape index (κ2) is 6.17. The summed E-state index contributed by atoms with van der Waals surface area (Å²) in [5, 5.41) is 0. The van der Waals surface area contributed by atoms with Crippen molar-refractivity contribution in [3.8, 4) is 0 Å². The van der Waals surface area contributed by atoms with E-state index in [0.29, 0.717) is 0 Å². The summed E-state index contributed by atoms with van der Waals surface area (Å²) >= 11 is 0. The number of nitrogens with two attached hydrogens (primary N) is 1. The summed E-state index contributed by atoms with van der Waals surface area (Å²) in [6.07, 6.45) is 9.09. The monoisotopic (exact) mass is 240 g/mol. The van der Waals surface area contributed by atoms with Crippen LogP contribution in [0.3, 0.4) is 0 Å². The van der Waals surface area contributed by atoms with Gasteiger partial charge >= 0.3 is 0 Å². The topological polar surface area (TPSA) is 38.5 Å². The zero-order chi connectivity index (χ0) is 12.1. The predicted octanol–water partition coefficient (Wildman–Crippen LogP) is 2.15. The van der Waals surface area contributed by atoms with Crippen molar-refractivity contribution in [2.45, 2.75) is 63.5 Å². The second-order valence-corrected chi connectivity index (χ2v) is 5.69. The van der Waals surface area contributed by atoms with Crippen LogP contribution < -0.4 is 5.73 Å².